The Morgan fingerprint density at radius 1 is 1.31 bits per heavy atom. The summed E-state index contributed by atoms with van der Waals surface area (Å²) in [5, 5.41) is 17.0. The molecular weight excluding hydrogens is 160 g/mol. The van der Waals surface area contributed by atoms with Crippen molar-refractivity contribution >= 4 is 6.08 Å². The van der Waals surface area contributed by atoms with Crippen molar-refractivity contribution in [2.75, 3.05) is 0 Å². The quantitative estimate of drug-likeness (QED) is 0.604. The zero-order chi connectivity index (χ0) is 9.68. The maximum absolute atomic E-state index is 8.64. The van der Waals surface area contributed by atoms with E-state index in [4.69, 9.17) is 10.5 Å². The molecule has 2 nitrogen and oxygen atoms in total. The van der Waals surface area contributed by atoms with E-state index in [1.807, 2.05) is 19.1 Å². The van der Waals surface area contributed by atoms with Gasteiger partial charge in [0.25, 0.3) is 0 Å². The Balaban J connectivity index is 3.15. The van der Waals surface area contributed by atoms with E-state index in [9.17, 15) is 0 Å². The van der Waals surface area contributed by atoms with Crippen LogP contribution in [0.1, 0.15) is 16.7 Å². The van der Waals surface area contributed by atoms with E-state index in [2.05, 4.69) is 6.07 Å². The standard InChI is InChI=1S/C11H8N2/c1-9-4-5-10(8-13)7-11(9)3-2-6-12/h2-5,7H,1H3. The molecule has 0 aliphatic heterocycles. The number of allylic oxidation sites excluding steroid dienone is 1. The van der Waals surface area contributed by atoms with Gasteiger partial charge in [0, 0.05) is 6.08 Å². The maximum atomic E-state index is 8.64. The number of benzene rings is 1. The molecule has 0 atom stereocenters. The second kappa shape index (κ2) is 4.09. The summed E-state index contributed by atoms with van der Waals surface area (Å²) in [5.41, 5.74) is 2.59. The molecule has 0 bridgehead atoms. The van der Waals surface area contributed by atoms with Gasteiger partial charge in [0.05, 0.1) is 17.7 Å². The van der Waals surface area contributed by atoms with Crippen LogP contribution in [0.4, 0.5) is 0 Å². The largest absolute Gasteiger partial charge is 0.193 e. The molecule has 0 saturated carbocycles. The molecule has 0 aromatic heterocycles. The number of hydrogen-bond donors (Lipinski definition) is 0. The molecule has 13 heavy (non-hydrogen) atoms. The van der Waals surface area contributed by atoms with Gasteiger partial charge in [0.1, 0.15) is 0 Å². The molecule has 0 radical (unpaired) electrons. The highest BCUT2D eigenvalue weighted by molar-refractivity contribution is 5.57. The second-order valence-corrected chi connectivity index (χ2v) is 2.65. The summed E-state index contributed by atoms with van der Waals surface area (Å²) >= 11 is 0. The van der Waals surface area contributed by atoms with Crippen LogP contribution in [0.25, 0.3) is 6.08 Å². The number of aryl methyl sites for hydroxylation is 1. The van der Waals surface area contributed by atoms with E-state index in [0.717, 1.165) is 11.1 Å². The molecule has 0 saturated heterocycles. The normalized spacial score (nSPS) is 9.46. The smallest absolute Gasteiger partial charge is 0.0991 e. The van der Waals surface area contributed by atoms with Crippen LogP contribution < -0.4 is 0 Å². The molecule has 0 heterocycles. The lowest BCUT2D eigenvalue weighted by atomic mass is 10.1. The lowest BCUT2D eigenvalue weighted by molar-refractivity contribution is 1.41. The Bertz CT molecular complexity index is 417. The fraction of sp³-hybridized carbons (Fsp3) is 0.0909. The molecule has 0 amide bonds. The predicted molar refractivity (Wildman–Crippen MR) is 50.5 cm³/mol. The van der Waals surface area contributed by atoms with Crippen LogP contribution in [-0.2, 0) is 0 Å². The Labute approximate surface area is 77.4 Å². The van der Waals surface area contributed by atoms with E-state index >= 15 is 0 Å². The molecule has 1 aromatic rings. The van der Waals surface area contributed by atoms with Gasteiger partial charge in [-0.3, -0.25) is 0 Å². The lowest BCUT2D eigenvalue weighted by Crippen LogP contribution is -1.82. The minimum atomic E-state index is 0.614. The monoisotopic (exact) mass is 168 g/mol. The summed E-state index contributed by atoms with van der Waals surface area (Å²) in [6, 6.07) is 9.37. The van der Waals surface area contributed by atoms with Crippen LogP contribution in [0.3, 0.4) is 0 Å². The van der Waals surface area contributed by atoms with Crippen LogP contribution in [0.5, 0.6) is 0 Å². The van der Waals surface area contributed by atoms with Crippen molar-refractivity contribution in [3.63, 3.8) is 0 Å². The Morgan fingerprint density at radius 3 is 2.69 bits per heavy atom. The summed E-state index contributed by atoms with van der Waals surface area (Å²) in [6.45, 7) is 1.94. The third kappa shape index (κ3) is 2.18. The molecule has 0 unspecified atom stereocenters. The van der Waals surface area contributed by atoms with Gasteiger partial charge in [0.2, 0.25) is 0 Å². The lowest BCUT2D eigenvalue weighted by Gasteiger charge is -1.98. The molecule has 2 heteroatoms. The molecule has 0 aliphatic rings. The fourth-order valence-corrected chi connectivity index (χ4v) is 1.02. The number of nitriles is 2. The summed E-state index contributed by atoms with van der Waals surface area (Å²) in [6.07, 6.45) is 3.11. The van der Waals surface area contributed by atoms with E-state index in [1.54, 1.807) is 18.2 Å². The van der Waals surface area contributed by atoms with Crippen molar-refractivity contribution in [1.82, 2.24) is 0 Å². The maximum Gasteiger partial charge on any atom is 0.0991 e. The van der Waals surface area contributed by atoms with Crippen LogP contribution in [0, 0.1) is 29.6 Å². The van der Waals surface area contributed by atoms with Gasteiger partial charge in [-0.15, -0.1) is 0 Å². The molecule has 0 fully saturated rings. The van der Waals surface area contributed by atoms with Crippen LogP contribution in [-0.4, -0.2) is 0 Å². The van der Waals surface area contributed by atoms with E-state index < -0.39 is 0 Å². The Morgan fingerprint density at radius 2 is 2.08 bits per heavy atom. The van der Waals surface area contributed by atoms with Crippen molar-refractivity contribution < 1.29 is 0 Å². The van der Waals surface area contributed by atoms with E-state index in [-0.39, 0.29) is 0 Å². The van der Waals surface area contributed by atoms with Crippen molar-refractivity contribution in [1.29, 1.82) is 10.5 Å². The van der Waals surface area contributed by atoms with Crippen LogP contribution >= 0.6 is 0 Å². The first-order chi connectivity index (χ1) is 6.27. The topological polar surface area (TPSA) is 47.6 Å². The van der Waals surface area contributed by atoms with Gasteiger partial charge in [-0.25, -0.2) is 0 Å². The average molecular weight is 168 g/mol. The number of nitrogens with zero attached hydrogens (tertiary/aromatic N) is 2. The summed E-state index contributed by atoms with van der Waals surface area (Å²) in [5.74, 6) is 0. The van der Waals surface area contributed by atoms with Crippen LogP contribution in [0.2, 0.25) is 0 Å². The Hall–Kier alpha value is -2.06. The molecule has 0 N–H and O–H groups in total. The second-order valence-electron chi connectivity index (χ2n) is 2.65. The van der Waals surface area contributed by atoms with Gasteiger partial charge in [-0.1, -0.05) is 6.07 Å². The van der Waals surface area contributed by atoms with E-state index in [1.165, 1.54) is 6.08 Å². The molecule has 0 aliphatic carbocycles. The average Bonchev–Trinajstić information content (AvgIpc) is 2.17. The molecule has 62 valence electrons. The van der Waals surface area contributed by atoms with Gasteiger partial charge < -0.3 is 0 Å². The minimum Gasteiger partial charge on any atom is -0.193 e. The van der Waals surface area contributed by atoms with Crippen LogP contribution in [0.15, 0.2) is 24.3 Å². The molecule has 1 rings (SSSR count). The molecule has 0 spiro atoms. The van der Waals surface area contributed by atoms with Crippen molar-refractivity contribution in [2.24, 2.45) is 0 Å². The summed E-state index contributed by atoms with van der Waals surface area (Å²) in [7, 11) is 0. The van der Waals surface area contributed by atoms with Gasteiger partial charge in [0.15, 0.2) is 0 Å². The molecule has 1 aromatic carbocycles. The van der Waals surface area contributed by atoms with Gasteiger partial charge in [-0.05, 0) is 36.3 Å². The molecular formula is C11H8N2. The Kier molecular flexibility index (Phi) is 2.84. The first-order valence-corrected chi connectivity index (χ1v) is 3.85. The highest BCUT2D eigenvalue weighted by atomic mass is 14.2. The minimum absolute atomic E-state index is 0.614. The zero-order valence-corrected chi connectivity index (χ0v) is 7.28. The third-order valence-electron chi connectivity index (χ3n) is 1.75. The number of rotatable bonds is 1. The first kappa shape index (κ1) is 9.03. The van der Waals surface area contributed by atoms with Crippen molar-refractivity contribution in [3.05, 3.63) is 41.0 Å². The first-order valence-electron chi connectivity index (χ1n) is 3.85. The van der Waals surface area contributed by atoms with Gasteiger partial charge in [-0.2, -0.15) is 10.5 Å². The van der Waals surface area contributed by atoms with Gasteiger partial charge >= 0.3 is 0 Å². The SMILES string of the molecule is Cc1ccc(C#N)cc1C=CC#N. The summed E-state index contributed by atoms with van der Waals surface area (Å²) < 4.78 is 0. The highest BCUT2D eigenvalue weighted by Crippen LogP contribution is 2.11. The predicted octanol–water partition coefficient (Wildman–Crippen LogP) is 2.40. The van der Waals surface area contributed by atoms with Crippen molar-refractivity contribution in [3.8, 4) is 12.1 Å². The fourth-order valence-electron chi connectivity index (χ4n) is 1.02. The zero-order valence-electron chi connectivity index (χ0n) is 7.28. The highest BCUT2D eigenvalue weighted by Gasteiger charge is 1.95. The van der Waals surface area contributed by atoms with Crippen molar-refractivity contribution in [2.45, 2.75) is 6.92 Å². The third-order valence-corrected chi connectivity index (χ3v) is 1.75. The summed E-state index contributed by atoms with van der Waals surface area (Å²) in [4.78, 5) is 0. The number of hydrogen-bond acceptors (Lipinski definition) is 2. The van der Waals surface area contributed by atoms with E-state index in [0.29, 0.717) is 5.56 Å².